The van der Waals surface area contributed by atoms with E-state index in [0.717, 1.165) is 6.07 Å². The number of hydrazine groups is 1. The molecule has 2 N–H and O–H groups in total. The van der Waals surface area contributed by atoms with Gasteiger partial charge in [-0.05, 0) is 25.3 Å². The first-order valence-electron chi connectivity index (χ1n) is 6.08. The molecule has 0 bridgehead atoms. The molecule has 6 nitrogen and oxygen atoms in total. The Balaban J connectivity index is 3.06. The molecule has 0 radical (unpaired) electrons. The van der Waals surface area contributed by atoms with E-state index < -0.39 is 29.6 Å². The number of halogens is 3. The number of thioether (sulfide) groups is 1. The van der Waals surface area contributed by atoms with E-state index in [4.69, 9.17) is 4.74 Å². The number of anilines is 1. The first-order valence-corrected chi connectivity index (χ1v) is 7.48. The van der Waals surface area contributed by atoms with Crippen molar-refractivity contribution in [3.63, 3.8) is 0 Å². The number of aromatic nitrogens is 1. The highest BCUT2D eigenvalue weighted by molar-refractivity contribution is 7.99. The Bertz CT molecular complexity index is 552. The maximum atomic E-state index is 12.7. The Morgan fingerprint density at radius 2 is 2.05 bits per heavy atom. The number of ether oxygens (including phenoxy) is 1. The molecule has 10 heteroatoms. The van der Waals surface area contributed by atoms with Crippen LogP contribution in [0.3, 0.4) is 0 Å². The van der Waals surface area contributed by atoms with Crippen LogP contribution in [0.15, 0.2) is 12.1 Å². The monoisotopic (exact) mass is 337 g/mol. The van der Waals surface area contributed by atoms with Crippen molar-refractivity contribution in [1.82, 2.24) is 10.4 Å². The van der Waals surface area contributed by atoms with Crippen LogP contribution in [0.5, 0.6) is 0 Å². The van der Waals surface area contributed by atoms with Gasteiger partial charge in [0, 0.05) is 0 Å². The molecule has 1 rings (SSSR count). The Kier molecular flexibility index (Phi) is 6.47. The fourth-order valence-corrected chi connectivity index (χ4v) is 1.72. The van der Waals surface area contributed by atoms with Gasteiger partial charge >= 0.3 is 12.1 Å². The van der Waals surface area contributed by atoms with Crippen LogP contribution in [0.25, 0.3) is 0 Å². The number of carbonyl (C=O) groups is 2. The maximum absolute atomic E-state index is 12.7. The van der Waals surface area contributed by atoms with E-state index in [0.29, 0.717) is 6.07 Å². The van der Waals surface area contributed by atoms with Crippen LogP contribution in [-0.2, 0) is 15.7 Å². The number of alkyl halides is 3. The topological polar surface area (TPSA) is 80.3 Å². The van der Waals surface area contributed by atoms with Gasteiger partial charge in [0.05, 0.1) is 12.4 Å². The van der Waals surface area contributed by atoms with Gasteiger partial charge in [-0.25, -0.2) is 9.78 Å². The second-order valence-electron chi connectivity index (χ2n) is 3.92. The molecular formula is C12H14F3N3O3S. The Labute approximate surface area is 128 Å². The molecule has 0 unspecified atom stereocenters. The molecule has 1 aromatic rings. The standard InChI is InChI=1S/C12H14F3N3O3S/c1-3-21-11(20)7-4-5-8(12(13,14)15)16-10(7)18-17-9(19)6-22-2/h4-5H,3,6H2,1-2H3,(H,16,18)(H,17,19). The van der Waals surface area contributed by atoms with Gasteiger partial charge in [0.2, 0.25) is 5.91 Å². The van der Waals surface area contributed by atoms with Crippen LogP contribution in [0.4, 0.5) is 19.0 Å². The molecule has 0 aliphatic carbocycles. The molecule has 1 aromatic heterocycles. The molecule has 0 fully saturated rings. The zero-order valence-corrected chi connectivity index (χ0v) is 12.6. The highest BCUT2D eigenvalue weighted by atomic mass is 32.2. The van der Waals surface area contributed by atoms with Crippen LogP contribution in [-0.4, -0.2) is 35.5 Å². The number of pyridine rings is 1. The van der Waals surface area contributed by atoms with E-state index in [1.807, 2.05) is 0 Å². The zero-order valence-electron chi connectivity index (χ0n) is 11.8. The third kappa shape index (κ3) is 5.10. The molecular weight excluding hydrogens is 323 g/mol. The number of nitrogens with one attached hydrogen (secondary N) is 2. The van der Waals surface area contributed by atoms with E-state index in [1.54, 1.807) is 13.2 Å². The largest absolute Gasteiger partial charge is 0.462 e. The summed E-state index contributed by atoms with van der Waals surface area (Å²) in [6.45, 7) is 1.61. The Morgan fingerprint density at radius 3 is 2.59 bits per heavy atom. The van der Waals surface area contributed by atoms with Crippen LogP contribution in [0, 0.1) is 0 Å². The van der Waals surface area contributed by atoms with Crippen molar-refractivity contribution in [2.24, 2.45) is 0 Å². The van der Waals surface area contributed by atoms with E-state index >= 15 is 0 Å². The van der Waals surface area contributed by atoms with Crippen LogP contribution < -0.4 is 10.9 Å². The van der Waals surface area contributed by atoms with Gasteiger partial charge in [-0.15, -0.1) is 0 Å². The average Bonchev–Trinajstić information content (AvgIpc) is 2.44. The second kappa shape index (κ2) is 7.87. The molecule has 0 saturated carbocycles. The van der Waals surface area contributed by atoms with Crippen molar-refractivity contribution in [1.29, 1.82) is 0 Å². The molecule has 22 heavy (non-hydrogen) atoms. The molecule has 0 saturated heterocycles. The summed E-state index contributed by atoms with van der Waals surface area (Å²) in [6.07, 6.45) is -2.99. The quantitative estimate of drug-likeness (QED) is 0.611. The van der Waals surface area contributed by atoms with Gasteiger partial charge in [0.25, 0.3) is 0 Å². The first-order chi connectivity index (χ1) is 10.3. The molecule has 0 aliphatic heterocycles. The highest BCUT2D eigenvalue weighted by Gasteiger charge is 2.33. The van der Waals surface area contributed by atoms with Gasteiger partial charge < -0.3 is 4.74 Å². The summed E-state index contributed by atoms with van der Waals surface area (Å²) in [7, 11) is 0. The molecule has 122 valence electrons. The summed E-state index contributed by atoms with van der Waals surface area (Å²) in [4.78, 5) is 26.4. The normalized spacial score (nSPS) is 11.0. The number of nitrogens with zero attached hydrogens (tertiary/aromatic N) is 1. The number of carbonyl (C=O) groups excluding carboxylic acids is 2. The van der Waals surface area contributed by atoms with Crippen molar-refractivity contribution in [3.05, 3.63) is 23.4 Å². The van der Waals surface area contributed by atoms with Gasteiger partial charge in [-0.2, -0.15) is 24.9 Å². The van der Waals surface area contributed by atoms with Gasteiger partial charge in [-0.1, -0.05) is 0 Å². The predicted molar refractivity (Wildman–Crippen MR) is 75.3 cm³/mol. The smallest absolute Gasteiger partial charge is 0.433 e. The molecule has 0 aromatic carbocycles. The first kappa shape index (κ1) is 18.1. The maximum Gasteiger partial charge on any atom is 0.433 e. The minimum Gasteiger partial charge on any atom is -0.462 e. The molecule has 0 spiro atoms. The van der Waals surface area contributed by atoms with E-state index in [2.05, 4.69) is 15.8 Å². The van der Waals surface area contributed by atoms with Gasteiger partial charge in [-0.3, -0.25) is 15.6 Å². The van der Waals surface area contributed by atoms with Gasteiger partial charge in [0.1, 0.15) is 11.3 Å². The Morgan fingerprint density at radius 1 is 1.36 bits per heavy atom. The van der Waals surface area contributed by atoms with Crippen molar-refractivity contribution in [2.75, 3.05) is 24.0 Å². The summed E-state index contributed by atoms with van der Waals surface area (Å²) in [6, 6.07) is 1.61. The molecule has 0 aliphatic rings. The van der Waals surface area contributed by atoms with E-state index in [9.17, 15) is 22.8 Å². The Hall–Kier alpha value is -1.97. The van der Waals surface area contributed by atoms with E-state index in [1.165, 1.54) is 11.8 Å². The molecule has 0 atom stereocenters. The van der Waals surface area contributed by atoms with Gasteiger partial charge in [0.15, 0.2) is 5.82 Å². The highest BCUT2D eigenvalue weighted by Crippen LogP contribution is 2.29. The third-order valence-corrected chi connectivity index (χ3v) is 2.83. The number of amides is 1. The fraction of sp³-hybridized carbons (Fsp3) is 0.417. The lowest BCUT2D eigenvalue weighted by molar-refractivity contribution is -0.141. The summed E-state index contributed by atoms with van der Waals surface area (Å²) < 4.78 is 42.7. The van der Waals surface area contributed by atoms with Crippen LogP contribution in [0.2, 0.25) is 0 Å². The van der Waals surface area contributed by atoms with Crippen molar-refractivity contribution < 1.29 is 27.5 Å². The lowest BCUT2D eigenvalue weighted by Gasteiger charge is -2.14. The van der Waals surface area contributed by atoms with E-state index in [-0.39, 0.29) is 17.9 Å². The van der Waals surface area contributed by atoms with Crippen molar-refractivity contribution in [3.8, 4) is 0 Å². The predicted octanol–water partition coefficient (Wildman–Crippen LogP) is 2.08. The number of hydrogen-bond acceptors (Lipinski definition) is 6. The van der Waals surface area contributed by atoms with Crippen LogP contribution in [0.1, 0.15) is 23.0 Å². The molecule has 1 amide bonds. The van der Waals surface area contributed by atoms with Crippen molar-refractivity contribution >= 4 is 29.5 Å². The third-order valence-electron chi connectivity index (χ3n) is 2.28. The minimum absolute atomic E-state index is 0.0537. The minimum atomic E-state index is -4.67. The lowest BCUT2D eigenvalue weighted by atomic mass is 10.2. The summed E-state index contributed by atoms with van der Waals surface area (Å²) in [5, 5.41) is 0. The SMILES string of the molecule is CCOC(=O)c1ccc(C(F)(F)F)nc1NNC(=O)CSC. The lowest BCUT2D eigenvalue weighted by Crippen LogP contribution is -2.32. The summed E-state index contributed by atoms with van der Waals surface area (Å²) in [5.74, 6) is -1.64. The fourth-order valence-electron chi connectivity index (χ4n) is 1.38. The van der Waals surface area contributed by atoms with Crippen LogP contribution >= 0.6 is 11.8 Å². The average molecular weight is 337 g/mol. The summed E-state index contributed by atoms with van der Waals surface area (Å²) >= 11 is 1.23. The number of rotatable bonds is 6. The number of esters is 1. The second-order valence-corrected chi connectivity index (χ2v) is 4.78. The number of hydrogen-bond donors (Lipinski definition) is 2. The van der Waals surface area contributed by atoms with Crippen molar-refractivity contribution in [2.45, 2.75) is 13.1 Å². The molecule has 1 heterocycles. The zero-order chi connectivity index (χ0) is 16.8. The summed E-state index contributed by atoms with van der Waals surface area (Å²) in [5.41, 5.74) is 2.99.